The topological polar surface area (TPSA) is 58.3 Å². The van der Waals surface area contributed by atoms with Crippen LogP contribution >= 0.6 is 0 Å². The Bertz CT molecular complexity index is 359. The molecule has 0 aliphatic heterocycles. The average Bonchev–Trinajstić information content (AvgIpc) is 2.35. The van der Waals surface area contributed by atoms with E-state index in [1.807, 2.05) is 13.0 Å². The lowest BCUT2D eigenvalue weighted by Gasteiger charge is -2.30. The summed E-state index contributed by atoms with van der Waals surface area (Å²) >= 11 is 0. The summed E-state index contributed by atoms with van der Waals surface area (Å²) in [6, 6.07) is 6.61. The number of nitrogens with two attached hydrogens (primary N) is 1. The lowest BCUT2D eigenvalue weighted by atomic mass is 9.92. The van der Waals surface area contributed by atoms with Crippen LogP contribution in [0.1, 0.15) is 25.3 Å². The third-order valence-electron chi connectivity index (χ3n) is 3.07. The third-order valence-corrected chi connectivity index (χ3v) is 3.07. The summed E-state index contributed by atoms with van der Waals surface area (Å²) in [7, 11) is 0. The maximum atomic E-state index is 13.1. The van der Waals surface area contributed by atoms with E-state index in [-0.39, 0.29) is 18.0 Å². The zero-order valence-corrected chi connectivity index (χ0v) is 11.0. The fourth-order valence-electron chi connectivity index (χ4n) is 1.93. The molecule has 0 aromatic heterocycles. The molecule has 0 saturated heterocycles. The largest absolute Gasteiger partial charge is 0.396 e. The van der Waals surface area contributed by atoms with E-state index in [0.717, 1.165) is 24.9 Å². The van der Waals surface area contributed by atoms with Gasteiger partial charge in [0.15, 0.2) is 0 Å². The molecule has 4 heteroatoms. The summed E-state index contributed by atoms with van der Waals surface area (Å²) in [5.74, 6) is -0.216. The summed E-state index contributed by atoms with van der Waals surface area (Å²) in [4.78, 5) is 0. The van der Waals surface area contributed by atoms with Crippen LogP contribution in [0.4, 0.5) is 4.39 Å². The number of aliphatic hydroxyl groups is 1. The van der Waals surface area contributed by atoms with Gasteiger partial charge in [-0.25, -0.2) is 4.39 Å². The smallest absolute Gasteiger partial charge is 0.123 e. The monoisotopic (exact) mass is 254 g/mol. The Balaban J connectivity index is 2.53. The van der Waals surface area contributed by atoms with Crippen LogP contribution in [-0.2, 0) is 6.42 Å². The molecule has 1 aromatic rings. The van der Waals surface area contributed by atoms with Crippen molar-refractivity contribution in [1.29, 1.82) is 0 Å². The number of unbranched alkanes of at least 4 members (excludes halogenated alkanes) is 1. The van der Waals surface area contributed by atoms with E-state index in [0.29, 0.717) is 13.0 Å². The summed E-state index contributed by atoms with van der Waals surface area (Å²) in [5.41, 5.74) is 6.51. The summed E-state index contributed by atoms with van der Waals surface area (Å²) in [6.45, 7) is 3.55. The first-order valence-corrected chi connectivity index (χ1v) is 6.40. The third kappa shape index (κ3) is 5.12. The molecule has 0 bridgehead atoms. The van der Waals surface area contributed by atoms with E-state index >= 15 is 0 Å². The zero-order valence-electron chi connectivity index (χ0n) is 11.0. The Morgan fingerprint density at radius 1 is 1.39 bits per heavy atom. The minimum atomic E-state index is -0.233. The SMILES string of the molecule is CC(CN)(Cc1cccc(F)c1)NCCCCO. The molecular weight excluding hydrogens is 231 g/mol. The van der Waals surface area contributed by atoms with Crippen LogP contribution in [0.25, 0.3) is 0 Å². The molecule has 0 saturated carbocycles. The molecule has 1 rings (SSSR count). The maximum Gasteiger partial charge on any atom is 0.123 e. The highest BCUT2D eigenvalue weighted by Crippen LogP contribution is 2.13. The summed E-state index contributed by atoms with van der Waals surface area (Å²) in [6.07, 6.45) is 2.39. The van der Waals surface area contributed by atoms with Crippen molar-refractivity contribution in [2.45, 2.75) is 31.7 Å². The van der Waals surface area contributed by atoms with Crippen LogP contribution in [0.2, 0.25) is 0 Å². The van der Waals surface area contributed by atoms with Crippen molar-refractivity contribution in [1.82, 2.24) is 5.32 Å². The number of hydrogen-bond acceptors (Lipinski definition) is 3. The Kier molecular flexibility index (Phi) is 6.25. The minimum absolute atomic E-state index is 0.213. The van der Waals surface area contributed by atoms with Crippen molar-refractivity contribution in [3.05, 3.63) is 35.6 Å². The second kappa shape index (κ2) is 7.46. The van der Waals surface area contributed by atoms with Crippen molar-refractivity contribution in [3.63, 3.8) is 0 Å². The first kappa shape index (κ1) is 15.1. The number of aliphatic hydroxyl groups excluding tert-OH is 1. The van der Waals surface area contributed by atoms with Crippen LogP contribution in [0, 0.1) is 5.82 Å². The van der Waals surface area contributed by atoms with Gasteiger partial charge in [-0.05, 0) is 50.4 Å². The second-order valence-corrected chi connectivity index (χ2v) is 4.93. The standard InChI is InChI=1S/C14H23FN2O/c1-14(11-16,17-7-2-3-8-18)10-12-5-4-6-13(15)9-12/h4-6,9,17-18H,2-3,7-8,10-11,16H2,1H3. The van der Waals surface area contributed by atoms with Crippen molar-refractivity contribution < 1.29 is 9.50 Å². The van der Waals surface area contributed by atoms with Crippen LogP contribution in [0.15, 0.2) is 24.3 Å². The Labute approximate surface area is 108 Å². The number of nitrogens with one attached hydrogen (secondary N) is 1. The molecule has 1 aromatic carbocycles. The molecule has 18 heavy (non-hydrogen) atoms. The van der Waals surface area contributed by atoms with Crippen molar-refractivity contribution in [3.8, 4) is 0 Å². The van der Waals surface area contributed by atoms with E-state index in [9.17, 15) is 4.39 Å². The van der Waals surface area contributed by atoms with Crippen LogP contribution in [0.3, 0.4) is 0 Å². The molecule has 0 heterocycles. The van der Waals surface area contributed by atoms with Gasteiger partial charge in [-0.15, -0.1) is 0 Å². The first-order valence-electron chi connectivity index (χ1n) is 6.40. The van der Waals surface area contributed by atoms with Gasteiger partial charge in [0.05, 0.1) is 0 Å². The van der Waals surface area contributed by atoms with Crippen LogP contribution < -0.4 is 11.1 Å². The molecule has 1 unspecified atom stereocenters. The van der Waals surface area contributed by atoms with Gasteiger partial charge >= 0.3 is 0 Å². The molecule has 1 atom stereocenters. The van der Waals surface area contributed by atoms with Gasteiger partial charge in [0.2, 0.25) is 0 Å². The quantitative estimate of drug-likeness (QED) is 0.615. The normalized spacial score (nSPS) is 14.4. The number of benzene rings is 1. The highest BCUT2D eigenvalue weighted by atomic mass is 19.1. The fourth-order valence-corrected chi connectivity index (χ4v) is 1.93. The minimum Gasteiger partial charge on any atom is -0.396 e. The average molecular weight is 254 g/mol. The predicted molar refractivity (Wildman–Crippen MR) is 71.9 cm³/mol. The molecule has 3 nitrogen and oxygen atoms in total. The molecule has 0 spiro atoms. The molecule has 102 valence electrons. The highest BCUT2D eigenvalue weighted by molar-refractivity contribution is 5.19. The molecule has 0 fully saturated rings. The first-order chi connectivity index (χ1) is 8.59. The van der Waals surface area contributed by atoms with Gasteiger partial charge in [0, 0.05) is 18.7 Å². The molecule has 4 N–H and O–H groups in total. The predicted octanol–water partition coefficient (Wildman–Crippen LogP) is 1.45. The van der Waals surface area contributed by atoms with Gasteiger partial charge in [-0.1, -0.05) is 12.1 Å². The van der Waals surface area contributed by atoms with Crippen molar-refractivity contribution >= 4 is 0 Å². The lowest BCUT2D eigenvalue weighted by Crippen LogP contribution is -2.50. The van der Waals surface area contributed by atoms with E-state index in [1.165, 1.54) is 6.07 Å². The number of rotatable bonds is 8. The number of halogens is 1. The zero-order chi connectivity index (χ0) is 13.4. The van der Waals surface area contributed by atoms with E-state index in [4.69, 9.17) is 10.8 Å². The Hall–Kier alpha value is -0.970. The second-order valence-electron chi connectivity index (χ2n) is 4.93. The highest BCUT2D eigenvalue weighted by Gasteiger charge is 2.21. The number of hydrogen-bond donors (Lipinski definition) is 3. The van der Waals surface area contributed by atoms with E-state index < -0.39 is 0 Å². The van der Waals surface area contributed by atoms with Gasteiger partial charge in [-0.2, -0.15) is 0 Å². The summed E-state index contributed by atoms with van der Waals surface area (Å²) in [5, 5.41) is 12.1. The maximum absolute atomic E-state index is 13.1. The molecule has 0 aliphatic carbocycles. The van der Waals surface area contributed by atoms with Gasteiger partial charge in [0.25, 0.3) is 0 Å². The van der Waals surface area contributed by atoms with E-state index in [2.05, 4.69) is 5.32 Å². The molecule has 0 aliphatic rings. The van der Waals surface area contributed by atoms with E-state index in [1.54, 1.807) is 12.1 Å². The Morgan fingerprint density at radius 3 is 2.78 bits per heavy atom. The van der Waals surface area contributed by atoms with Gasteiger partial charge in [0.1, 0.15) is 5.82 Å². The lowest BCUT2D eigenvalue weighted by molar-refractivity contribution is 0.277. The summed E-state index contributed by atoms with van der Waals surface area (Å²) < 4.78 is 13.1. The van der Waals surface area contributed by atoms with Crippen molar-refractivity contribution in [2.75, 3.05) is 19.7 Å². The van der Waals surface area contributed by atoms with Crippen molar-refractivity contribution in [2.24, 2.45) is 5.73 Å². The Morgan fingerprint density at radius 2 is 2.17 bits per heavy atom. The molecule has 0 amide bonds. The molecule has 0 radical (unpaired) electrons. The van der Waals surface area contributed by atoms with Crippen LogP contribution in [0.5, 0.6) is 0 Å². The molecular formula is C14H23FN2O. The van der Waals surface area contributed by atoms with Gasteiger partial charge < -0.3 is 16.2 Å². The van der Waals surface area contributed by atoms with Crippen LogP contribution in [-0.4, -0.2) is 30.3 Å². The fraction of sp³-hybridized carbons (Fsp3) is 0.571. The van der Waals surface area contributed by atoms with Gasteiger partial charge in [-0.3, -0.25) is 0 Å².